The van der Waals surface area contributed by atoms with Gasteiger partial charge in [-0.3, -0.25) is 0 Å². The van der Waals surface area contributed by atoms with Crippen molar-refractivity contribution in [2.24, 2.45) is 0 Å². The van der Waals surface area contributed by atoms with E-state index in [9.17, 15) is 15.0 Å². The van der Waals surface area contributed by atoms with Crippen molar-refractivity contribution < 1.29 is 19.7 Å². The molecule has 0 aliphatic heterocycles. The number of nitrogen functional groups attached to an aromatic ring is 1. The summed E-state index contributed by atoms with van der Waals surface area (Å²) in [5, 5.41) is 23.7. The van der Waals surface area contributed by atoms with E-state index in [2.05, 4.69) is 29.6 Å². The van der Waals surface area contributed by atoms with E-state index in [1.165, 1.54) is 11.1 Å². The lowest BCUT2D eigenvalue weighted by atomic mass is 9.93. The molecule has 0 spiro atoms. The first-order valence-electron chi connectivity index (χ1n) is 11.2. The van der Waals surface area contributed by atoms with E-state index < -0.39 is 18.3 Å². The summed E-state index contributed by atoms with van der Waals surface area (Å²) in [5.74, 6) is -0.00738. The summed E-state index contributed by atoms with van der Waals surface area (Å²) < 4.78 is 5.51. The number of carbonyl (C=O) groups excluding carboxylic acids is 1. The van der Waals surface area contributed by atoms with Crippen LogP contribution in [0.3, 0.4) is 0 Å². The summed E-state index contributed by atoms with van der Waals surface area (Å²) in [6, 6.07) is 19.9. The van der Waals surface area contributed by atoms with Gasteiger partial charge in [-0.2, -0.15) is 0 Å². The minimum atomic E-state index is -1.06. The monoisotopic (exact) mass is 446 g/mol. The first-order valence-corrected chi connectivity index (χ1v) is 11.2. The Kier molecular flexibility index (Phi) is 6.67. The van der Waals surface area contributed by atoms with Crippen LogP contribution in [0, 0.1) is 13.8 Å². The van der Waals surface area contributed by atoms with Crippen LogP contribution in [0.25, 0.3) is 11.1 Å². The molecular weight excluding hydrogens is 416 g/mol. The van der Waals surface area contributed by atoms with Crippen LogP contribution in [-0.4, -0.2) is 35.6 Å². The molecule has 172 valence electrons. The Bertz CT molecular complexity index is 1090. The van der Waals surface area contributed by atoms with Gasteiger partial charge in [-0.15, -0.1) is 0 Å². The summed E-state index contributed by atoms with van der Waals surface area (Å²) in [6.07, 6.45) is -2.44. The van der Waals surface area contributed by atoms with E-state index in [1.54, 1.807) is 12.1 Å². The van der Waals surface area contributed by atoms with Crippen molar-refractivity contribution in [1.29, 1.82) is 0 Å². The molecular formula is C27H30N2O4. The first-order chi connectivity index (χ1) is 15.9. The standard InChI is InChI=1S/C27H30N2O4/c1-16-13-18(28)14-17(2)25(16)26(31)24(30)11-12-29-27(32)33-15-23-21-9-5-3-7-19(21)20-8-4-6-10-22(20)23/h3-10,13-14,23-24,26,30-31H,11-12,15,28H2,1-2H3,(H,29,32). The highest BCUT2D eigenvalue weighted by Gasteiger charge is 2.29. The molecule has 0 saturated carbocycles. The van der Waals surface area contributed by atoms with Crippen molar-refractivity contribution in [3.8, 4) is 11.1 Å². The van der Waals surface area contributed by atoms with Crippen molar-refractivity contribution in [3.63, 3.8) is 0 Å². The minimum absolute atomic E-state index is 0.00738. The van der Waals surface area contributed by atoms with Crippen LogP contribution in [0.1, 0.15) is 46.3 Å². The molecule has 0 heterocycles. The fourth-order valence-electron chi connectivity index (χ4n) is 4.80. The van der Waals surface area contributed by atoms with E-state index in [4.69, 9.17) is 10.5 Å². The van der Waals surface area contributed by atoms with Gasteiger partial charge in [0, 0.05) is 18.2 Å². The van der Waals surface area contributed by atoms with Crippen LogP contribution in [-0.2, 0) is 4.74 Å². The van der Waals surface area contributed by atoms with Gasteiger partial charge < -0.3 is 26.0 Å². The number of anilines is 1. The highest BCUT2D eigenvalue weighted by atomic mass is 16.5. The molecule has 2 atom stereocenters. The summed E-state index contributed by atoms with van der Waals surface area (Å²) in [7, 11) is 0. The third kappa shape index (κ3) is 4.72. The first kappa shape index (κ1) is 22.8. The van der Waals surface area contributed by atoms with Crippen LogP contribution in [0.15, 0.2) is 60.7 Å². The maximum atomic E-state index is 12.3. The van der Waals surface area contributed by atoms with Crippen molar-refractivity contribution in [2.75, 3.05) is 18.9 Å². The lowest BCUT2D eigenvalue weighted by Crippen LogP contribution is -2.31. The number of aryl methyl sites for hydroxylation is 2. The molecule has 0 saturated heterocycles. The predicted molar refractivity (Wildman–Crippen MR) is 129 cm³/mol. The molecule has 0 bridgehead atoms. The maximum absolute atomic E-state index is 12.3. The van der Waals surface area contributed by atoms with Crippen molar-refractivity contribution in [2.45, 2.75) is 38.4 Å². The van der Waals surface area contributed by atoms with E-state index in [0.29, 0.717) is 11.3 Å². The van der Waals surface area contributed by atoms with Crippen molar-refractivity contribution in [1.82, 2.24) is 5.32 Å². The molecule has 0 fully saturated rings. The topological polar surface area (TPSA) is 105 Å². The number of hydrogen-bond acceptors (Lipinski definition) is 5. The summed E-state index contributed by atoms with van der Waals surface area (Å²) in [4.78, 5) is 12.3. The van der Waals surface area contributed by atoms with Crippen molar-refractivity contribution in [3.05, 3.63) is 88.5 Å². The second kappa shape index (κ2) is 9.65. The molecule has 1 aliphatic rings. The molecule has 0 radical (unpaired) electrons. The second-order valence-electron chi connectivity index (χ2n) is 8.62. The molecule has 3 aromatic rings. The number of ether oxygens (including phenoxy) is 1. The zero-order valence-electron chi connectivity index (χ0n) is 18.9. The molecule has 5 N–H and O–H groups in total. The van der Waals surface area contributed by atoms with Gasteiger partial charge in [0.1, 0.15) is 12.7 Å². The van der Waals surface area contributed by atoms with Gasteiger partial charge in [-0.1, -0.05) is 48.5 Å². The average Bonchev–Trinajstić information content (AvgIpc) is 3.10. The Labute approximate surface area is 194 Å². The lowest BCUT2D eigenvalue weighted by Gasteiger charge is -2.22. The zero-order valence-corrected chi connectivity index (χ0v) is 18.9. The van der Waals surface area contributed by atoms with Crippen LogP contribution >= 0.6 is 0 Å². The van der Waals surface area contributed by atoms with E-state index in [1.807, 2.05) is 38.1 Å². The third-order valence-corrected chi connectivity index (χ3v) is 6.33. The number of hydrogen-bond donors (Lipinski definition) is 4. The minimum Gasteiger partial charge on any atom is -0.449 e. The van der Waals surface area contributed by atoms with Gasteiger partial charge in [0.25, 0.3) is 0 Å². The molecule has 33 heavy (non-hydrogen) atoms. The maximum Gasteiger partial charge on any atom is 0.407 e. The van der Waals surface area contributed by atoms with Crippen LogP contribution in [0.5, 0.6) is 0 Å². The molecule has 1 aliphatic carbocycles. The number of carbonyl (C=O) groups is 1. The Morgan fingerprint density at radius 1 is 1.00 bits per heavy atom. The van der Waals surface area contributed by atoms with E-state index in [-0.39, 0.29) is 25.5 Å². The predicted octanol–water partition coefficient (Wildman–Crippen LogP) is 4.21. The molecule has 1 amide bonds. The smallest absolute Gasteiger partial charge is 0.407 e. The number of fused-ring (bicyclic) bond motifs is 3. The quantitative estimate of drug-likeness (QED) is 0.407. The van der Waals surface area contributed by atoms with Crippen LogP contribution in [0.4, 0.5) is 10.5 Å². The number of amides is 1. The lowest BCUT2D eigenvalue weighted by molar-refractivity contribution is 0.0129. The summed E-state index contributed by atoms with van der Waals surface area (Å²) in [6.45, 7) is 4.12. The molecule has 6 heteroatoms. The van der Waals surface area contributed by atoms with Crippen molar-refractivity contribution >= 4 is 11.8 Å². The van der Waals surface area contributed by atoms with E-state index in [0.717, 1.165) is 22.3 Å². The average molecular weight is 447 g/mol. The van der Waals surface area contributed by atoms with Gasteiger partial charge in [0.2, 0.25) is 0 Å². The number of alkyl carbamates (subject to hydrolysis) is 1. The molecule has 4 rings (SSSR count). The van der Waals surface area contributed by atoms with Gasteiger partial charge >= 0.3 is 6.09 Å². The largest absolute Gasteiger partial charge is 0.449 e. The summed E-state index contributed by atoms with van der Waals surface area (Å²) in [5.41, 5.74) is 13.4. The number of aliphatic hydroxyl groups is 2. The van der Waals surface area contributed by atoms with Crippen LogP contribution < -0.4 is 11.1 Å². The zero-order chi connectivity index (χ0) is 23.5. The Hall–Kier alpha value is -3.35. The van der Waals surface area contributed by atoms with Gasteiger partial charge in [0.05, 0.1) is 6.10 Å². The third-order valence-electron chi connectivity index (χ3n) is 6.33. The fourth-order valence-corrected chi connectivity index (χ4v) is 4.80. The van der Waals surface area contributed by atoms with E-state index >= 15 is 0 Å². The second-order valence-corrected chi connectivity index (χ2v) is 8.62. The number of aliphatic hydroxyl groups excluding tert-OH is 2. The molecule has 3 aromatic carbocycles. The van der Waals surface area contributed by atoms with Gasteiger partial charge in [-0.05, 0) is 71.3 Å². The number of nitrogens with one attached hydrogen (secondary N) is 1. The summed E-state index contributed by atoms with van der Waals surface area (Å²) >= 11 is 0. The molecule has 2 unspecified atom stereocenters. The normalized spacial score (nSPS) is 14.3. The number of rotatable bonds is 7. The number of nitrogens with two attached hydrogens (primary N) is 1. The Morgan fingerprint density at radius 2 is 1.55 bits per heavy atom. The Balaban J connectivity index is 1.30. The van der Waals surface area contributed by atoms with Crippen LogP contribution in [0.2, 0.25) is 0 Å². The van der Waals surface area contributed by atoms with Gasteiger partial charge in [0.15, 0.2) is 0 Å². The SMILES string of the molecule is Cc1cc(N)cc(C)c1C(O)C(O)CCNC(=O)OCC1c2ccccc2-c2ccccc21. The fraction of sp³-hybridized carbons (Fsp3) is 0.296. The number of benzene rings is 3. The van der Waals surface area contributed by atoms with Gasteiger partial charge in [-0.25, -0.2) is 4.79 Å². The Morgan fingerprint density at radius 3 is 2.12 bits per heavy atom. The highest BCUT2D eigenvalue weighted by molar-refractivity contribution is 5.79. The molecule has 6 nitrogen and oxygen atoms in total. The highest BCUT2D eigenvalue weighted by Crippen LogP contribution is 2.44. The molecule has 0 aromatic heterocycles.